The molecule has 0 spiro atoms. The van der Waals surface area contributed by atoms with Crippen LogP contribution in [0.3, 0.4) is 0 Å². The van der Waals surface area contributed by atoms with Gasteiger partial charge in [0.1, 0.15) is 5.65 Å². The van der Waals surface area contributed by atoms with Crippen molar-refractivity contribution in [3.05, 3.63) is 59.4 Å². The second-order valence-corrected chi connectivity index (χ2v) is 6.90. The molecule has 3 aromatic rings. The molecule has 0 N–H and O–H groups in total. The lowest BCUT2D eigenvalue weighted by atomic mass is 10.1. The first-order chi connectivity index (χ1) is 12.2. The summed E-state index contributed by atoms with van der Waals surface area (Å²) < 4.78 is 2.02. The summed E-state index contributed by atoms with van der Waals surface area (Å²) >= 11 is 6.02. The van der Waals surface area contributed by atoms with Gasteiger partial charge in [-0.25, -0.2) is 4.98 Å². The minimum absolute atomic E-state index is 0.181. The molecule has 1 amide bonds. The van der Waals surface area contributed by atoms with E-state index in [-0.39, 0.29) is 5.91 Å². The van der Waals surface area contributed by atoms with Crippen molar-refractivity contribution in [2.24, 2.45) is 0 Å². The van der Waals surface area contributed by atoms with Crippen LogP contribution in [0.1, 0.15) is 25.0 Å². The smallest absolute Gasteiger partial charge is 0.228 e. The molecule has 5 heteroatoms. The third kappa shape index (κ3) is 3.27. The Bertz CT molecular complexity index is 895. The molecule has 4 nitrogen and oxygen atoms in total. The van der Waals surface area contributed by atoms with Gasteiger partial charge in [0.2, 0.25) is 5.91 Å². The number of imidazole rings is 1. The molecule has 4 rings (SSSR count). The maximum absolute atomic E-state index is 12.8. The Kier molecular flexibility index (Phi) is 4.45. The van der Waals surface area contributed by atoms with Crippen LogP contribution in [0.5, 0.6) is 0 Å². The van der Waals surface area contributed by atoms with Crippen molar-refractivity contribution in [2.45, 2.75) is 25.7 Å². The molecule has 0 bridgehead atoms. The molecule has 1 fully saturated rings. The number of hydrogen-bond acceptors (Lipinski definition) is 2. The van der Waals surface area contributed by atoms with E-state index < -0.39 is 0 Å². The molecule has 0 radical (unpaired) electrons. The summed E-state index contributed by atoms with van der Waals surface area (Å²) in [6.45, 7) is 1.73. The van der Waals surface area contributed by atoms with Crippen molar-refractivity contribution in [3.63, 3.8) is 0 Å². The largest absolute Gasteiger partial charge is 0.342 e. The summed E-state index contributed by atoms with van der Waals surface area (Å²) in [4.78, 5) is 19.6. The van der Waals surface area contributed by atoms with E-state index in [2.05, 4.69) is 0 Å². The zero-order chi connectivity index (χ0) is 17.2. The van der Waals surface area contributed by atoms with Gasteiger partial charge in [-0.05, 0) is 43.5 Å². The Morgan fingerprint density at radius 1 is 1.04 bits per heavy atom. The lowest BCUT2D eigenvalue weighted by Crippen LogP contribution is -2.36. The molecule has 25 heavy (non-hydrogen) atoms. The molecule has 0 aliphatic carbocycles. The van der Waals surface area contributed by atoms with Gasteiger partial charge in [-0.1, -0.05) is 29.8 Å². The van der Waals surface area contributed by atoms with Gasteiger partial charge in [-0.2, -0.15) is 0 Å². The van der Waals surface area contributed by atoms with Crippen molar-refractivity contribution in [1.82, 2.24) is 14.3 Å². The van der Waals surface area contributed by atoms with E-state index in [1.165, 1.54) is 6.42 Å². The number of amides is 1. The first kappa shape index (κ1) is 16.2. The van der Waals surface area contributed by atoms with Gasteiger partial charge < -0.3 is 9.30 Å². The number of fused-ring (bicyclic) bond motifs is 1. The highest BCUT2D eigenvalue weighted by Crippen LogP contribution is 2.27. The SMILES string of the molecule is O=C(Cc1c(-c2ccc(Cl)cc2)nc2ccccn12)N1CCCCC1. The topological polar surface area (TPSA) is 37.6 Å². The van der Waals surface area contributed by atoms with E-state index in [0.717, 1.165) is 48.5 Å². The van der Waals surface area contributed by atoms with Gasteiger partial charge in [0.25, 0.3) is 0 Å². The van der Waals surface area contributed by atoms with E-state index in [4.69, 9.17) is 16.6 Å². The monoisotopic (exact) mass is 353 g/mol. The molecule has 1 aliphatic heterocycles. The Morgan fingerprint density at radius 2 is 1.80 bits per heavy atom. The number of halogens is 1. The van der Waals surface area contributed by atoms with Gasteiger partial charge in [-0.3, -0.25) is 4.79 Å². The number of nitrogens with zero attached hydrogens (tertiary/aromatic N) is 3. The second-order valence-electron chi connectivity index (χ2n) is 6.46. The zero-order valence-electron chi connectivity index (χ0n) is 14.0. The van der Waals surface area contributed by atoms with Gasteiger partial charge in [0.05, 0.1) is 17.8 Å². The Labute approximate surface area is 152 Å². The number of piperidine rings is 1. The fraction of sp³-hybridized carbons (Fsp3) is 0.300. The quantitative estimate of drug-likeness (QED) is 0.707. The number of aromatic nitrogens is 2. The van der Waals surface area contributed by atoms with Crippen LogP contribution < -0.4 is 0 Å². The average molecular weight is 354 g/mol. The number of pyridine rings is 1. The maximum Gasteiger partial charge on any atom is 0.228 e. The highest BCUT2D eigenvalue weighted by atomic mass is 35.5. The van der Waals surface area contributed by atoms with E-state index in [9.17, 15) is 4.79 Å². The van der Waals surface area contributed by atoms with Crippen LogP contribution in [-0.4, -0.2) is 33.3 Å². The molecule has 128 valence electrons. The minimum Gasteiger partial charge on any atom is -0.342 e. The normalized spacial score (nSPS) is 14.8. The van der Waals surface area contributed by atoms with Crippen LogP contribution in [0.25, 0.3) is 16.9 Å². The first-order valence-electron chi connectivity index (χ1n) is 8.72. The summed E-state index contributed by atoms with van der Waals surface area (Å²) in [5.74, 6) is 0.181. The summed E-state index contributed by atoms with van der Waals surface area (Å²) in [5, 5.41) is 0.693. The molecule has 2 aromatic heterocycles. The average Bonchev–Trinajstić information content (AvgIpc) is 3.02. The van der Waals surface area contributed by atoms with Crippen LogP contribution in [0.15, 0.2) is 48.7 Å². The Hall–Kier alpha value is -2.33. The standard InChI is InChI=1S/C20H20ClN3O/c21-16-9-7-15(8-10-16)20-17(24-13-5-2-6-18(24)22-20)14-19(25)23-11-3-1-4-12-23/h2,5-10,13H,1,3-4,11-12,14H2. The molecule has 1 aliphatic rings. The fourth-order valence-electron chi connectivity index (χ4n) is 3.45. The van der Waals surface area contributed by atoms with Gasteiger partial charge >= 0.3 is 0 Å². The van der Waals surface area contributed by atoms with Crippen LogP contribution >= 0.6 is 11.6 Å². The third-order valence-electron chi connectivity index (χ3n) is 4.77. The Morgan fingerprint density at radius 3 is 2.56 bits per heavy atom. The number of benzene rings is 1. The first-order valence-corrected chi connectivity index (χ1v) is 9.10. The number of likely N-dealkylation sites (tertiary alicyclic amines) is 1. The second kappa shape index (κ2) is 6.89. The number of carbonyl (C=O) groups is 1. The molecule has 0 unspecified atom stereocenters. The van der Waals surface area contributed by atoms with E-state index in [0.29, 0.717) is 11.4 Å². The maximum atomic E-state index is 12.8. The predicted octanol–water partition coefficient (Wildman–Crippen LogP) is 4.21. The van der Waals surface area contributed by atoms with Gasteiger partial charge in [0.15, 0.2) is 0 Å². The summed E-state index contributed by atoms with van der Waals surface area (Å²) in [7, 11) is 0. The van der Waals surface area contributed by atoms with Crippen molar-refractivity contribution in [1.29, 1.82) is 0 Å². The molecule has 0 atom stereocenters. The third-order valence-corrected chi connectivity index (χ3v) is 5.03. The van der Waals surface area contributed by atoms with Crippen molar-refractivity contribution in [3.8, 4) is 11.3 Å². The molecular weight excluding hydrogens is 334 g/mol. The molecule has 1 saturated heterocycles. The van der Waals surface area contributed by atoms with Crippen molar-refractivity contribution in [2.75, 3.05) is 13.1 Å². The molecule has 3 heterocycles. The minimum atomic E-state index is 0.181. The zero-order valence-corrected chi connectivity index (χ0v) is 14.7. The predicted molar refractivity (Wildman–Crippen MR) is 99.8 cm³/mol. The molecule has 1 aromatic carbocycles. The summed E-state index contributed by atoms with van der Waals surface area (Å²) in [6, 6.07) is 13.5. The molecule has 0 saturated carbocycles. The van der Waals surface area contributed by atoms with Crippen molar-refractivity contribution < 1.29 is 4.79 Å². The Balaban J connectivity index is 1.74. The van der Waals surface area contributed by atoms with Crippen molar-refractivity contribution >= 4 is 23.2 Å². The summed E-state index contributed by atoms with van der Waals surface area (Å²) in [6.07, 6.45) is 5.75. The number of carbonyl (C=O) groups excluding carboxylic acids is 1. The van der Waals surface area contributed by atoms with E-state index >= 15 is 0 Å². The molecular formula is C20H20ClN3O. The van der Waals surface area contributed by atoms with E-state index in [1.807, 2.05) is 58.0 Å². The highest BCUT2D eigenvalue weighted by Gasteiger charge is 2.21. The van der Waals surface area contributed by atoms with Gasteiger partial charge in [0, 0.05) is 29.9 Å². The van der Waals surface area contributed by atoms with Crippen LogP contribution in [0.4, 0.5) is 0 Å². The highest BCUT2D eigenvalue weighted by molar-refractivity contribution is 6.30. The van der Waals surface area contributed by atoms with Gasteiger partial charge in [-0.15, -0.1) is 0 Å². The fourth-order valence-corrected chi connectivity index (χ4v) is 3.58. The van der Waals surface area contributed by atoms with E-state index in [1.54, 1.807) is 0 Å². The van der Waals surface area contributed by atoms with Crippen LogP contribution in [0.2, 0.25) is 5.02 Å². The van der Waals surface area contributed by atoms with Crippen LogP contribution in [0, 0.1) is 0 Å². The van der Waals surface area contributed by atoms with Crippen LogP contribution in [-0.2, 0) is 11.2 Å². The lowest BCUT2D eigenvalue weighted by molar-refractivity contribution is -0.131. The number of rotatable bonds is 3. The summed E-state index contributed by atoms with van der Waals surface area (Å²) in [5.41, 5.74) is 3.63. The lowest BCUT2D eigenvalue weighted by Gasteiger charge is -2.26. The number of hydrogen-bond donors (Lipinski definition) is 0.